The number of carbonyl (C=O) groups excluding carboxylic acids is 1. The van der Waals surface area contributed by atoms with Gasteiger partial charge in [-0.15, -0.1) is 0 Å². The van der Waals surface area contributed by atoms with Gasteiger partial charge in [0.25, 0.3) is 5.91 Å². The number of pyridine rings is 1. The highest BCUT2D eigenvalue weighted by Crippen LogP contribution is 2.26. The largest absolute Gasteiger partial charge is 0.492 e. The third-order valence-electron chi connectivity index (χ3n) is 6.06. The number of hydrogen-bond acceptors (Lipinski definition) is 5. The standard InChI is InChI=1S/C27H31N3O3/c1-19-4-11-24(12-5-19)33-16-15-29-27(32)21-8-6-20(7-9-21)17-23-10-13-25(30-23)26(31)22-3-2-14-28-18-22/h2-9,11-12,14,18,23,25-26,30-31H,10,13,15-17H2,1H3,(H,29,32)/t23-,25+,26+/m0/s1. The number of benzene rings is 2. The number of amides is 1. The lowest BCUT2D eigenvalue weighted by molar-refractivity contribution is 0.0947. The van der Waals surface area contributed by atoms with Crippen molar-refractivity contribution in [2.45, 2.75) is 44.4 Å². The van der Waals surface area contributed by atoms with E-state index >= 15 is 0 Å². The Morgan fingerprint density at radius 2 is 1.94 bits per heavy atom. The van der Waals surface area contributed by atoms with Crippen LogP contribution in [0.15, 0.2) is 73.1 Å². The van der Waals surface area contributed by atoms with Gasteiger partial charge in [-0.25, -0.2) is 0 Å². The van der Waals surface area contributed by atoms with Gasteiger partial charge in [0.05, 0.1) is 12.6 Å². The summed E-state index contributed by atoms with van der Waals surface area (Å²) in [5.74, 6) is 0.697. The molecule has 3 aromatic rings. The first-order valence-electron chi connectivity index (χ1n) is 11.5. The number of carbonyl (C=O) groups is 1. The topological polar surface area (TPSA) is 83.5 Å². The van der Waals surface area contributed by atoms with E-state index in [-0.39, 0.29) is 11.9 Å². The summed E-state index contributed by atoms with van der Waals surface area (Å²) >= 11 is 0. The van der Waals surface area contributed by atoms with Gasteiger partial charge in [0.2, 0.25) is 0 Å². The summed E-state index contributed by atoms with van der Waals surface area (Å²) in [6.45, 7) is 2.90. The highest BCUT2D eigenvalue weighted by molar-refractivity contribution is 5.94. The Morgan fingerprint density at radius 1 is 1.15 bits per heavy atom. The van der Waals surface area contributed by atoms with E-state index in [4.69, 9.17) is 4.74 Å². The Kier molecular flexibility index (Phi) is 7.70. The molecular formula is C27H31N3O3. The predicted octanol–water partition coefficient (Wildman–Crippen LogP) is 3.60. The molecule has 172 valence electrons. The molecule has 6 heteroatoms. The molecule has 0 radical (unpaired) electrons. The molecule has 1 aliphatic heterocycles. The number of aromatic nitrogens is 1. The number of rotatable bonds is 9. The van der Waals surface area contributed by atoms with Crippen LogP contribution in [-0.2, 0) is 6.42 Å². The number of hydrogen-bond donors (Lipinski definition) is 3. The first kappa shape index (κ1) is 23.0. The van der Waals surface area contributed by atoms with Gasteiger partial charge >= 0.3 is 0 Å². The number of aliphatic hydroxyl groups is 1. The van der Waals surface area contributed by atoms with Crippen LogP contribution in [0.1, 0.15) is 46.0 Å². The Morgan fingerprint density at radius 3 is 2.67 bits per heavy atom. The van der Waals surface area contributed by atoms with Crippen molar-refractivity contribution >= 4 is 5.91 Å². The van der Waals surface area contributed by atoms with Crippen LogP contribution in [0.25, 0.3) is 0 Å². The van der Waals surface area contributed by atoms with Gasteiger partial charge in [-0.05, 0) is 62.1 Å². The molecule has 1 aromatic heterocycles. The Hall–Kier alpha value is -3.22. The average molecular weight is 446 g/mol. The van der Waals surface area contributed by atoms with Crippen molar-refractivity contribution in [1.29, 1.82) is 0 Å². The Bertz CT molecular complexity index is 1020. The summed E-state index contributed by atoms with van der Waals surface area (Å²) < 4.78 is 5.65. The lowest BCUT2D eigenvalue weighted by Crippen LogP contribution is -2.35. The van der Waals surface area contributed by atoms with E-state index in [1.165, 1.54) is 11.1 Å². The fourth-order valence-electron chi connectivity index (χ4n) is 4.19. The van der Waals surface area contributed by atoms with Crippen LogP contribution in [0.2, 0.25) is 0 Å². The van der Waals surface area contributed by atoms with Crippen molar-refractivity contribution < 1.29 is 14.6 Å². The normalized spacial score (nSPS) is 18.6. The lowest BCUT2D eigenvalue weighted by Gasteiger charge is -2.20. The predicted molar refractivity (Wildman–Crippen MR) is 128 cm³/mol. The lowest BCUT2D eigenvalue weighted by atomic mass is 10.0. The van der Waals surface area contributed by atoms with E-state index < -0.39 is 6.10 Å². The number of aliphatic hydroxyl groups excluding tert-OH is 1. The molecule has 0 aliphatic carbocycles. The third-order valence-corrected chi connectivity index (χ3v) is 6.06. The van der Waals surface area contributed by atoms with Gasteiger partial charge in [0.15, 0.2) is 0 Å². The van der Waals surface area contributed by atoms with Gasteiger partial charge in [-0.3, -0.25) is 9.78 Å². The number of nitrogens with one attached hydrogen (secondary N) is 2. The van der Waals surface area contributed by atoms with Gasteiger partial charge < -0.3 is 20.5 Å². The van der Waals surface area contributed by atoms with Crippen molar-refractivity contribution in [1.82, 2.24) is 15.6 Å². The molecule has 2 heterocycles. The highest BCUT2D eigenvalue weighted by Gasteiger charge is 2.30. The molecule has 0 unspecified atom stereocenters. The van der Waals surface area contributed by atoms with E-state index in [2.05, 4.69) is 15.6 Å². The van der Waals surface area contributed by atoms with Gasteiger partial charge in [0, 0.05) is 35.6 Å². The molecule has 0 bridgehead atoms. The second-order valence-corrected chi connectivity index (χ2v) is 8.60. The first-order valence-corrected chi connectivity index (χ1v) is 11.5. The minimum Gasteiger partial charge on any atom is -0.492 e. The van der Waals surface area contributed by atoms with E-state index in [0.717, 1.165) is 30.6 Å². The Labute approximate surface area is 195 Å². The molecule has 3 atom stereocenters. The smallest absolute Gasteiger partial charge is 0.251 e. The average Bonchev–Trinajstić information content (AvgIpc) is 3.32. The number of nitrogens with zero attached hydrogens (tertiary/aromatic N) is 1. The zero-order chi connectivity index (χ0) is 23.0. The maximum Gasteiger partial charge on any atom is 0.251 e. The summed E-state index contributed by atoms with van der Waals surface area (Å²) in [6.07, 6.45) is 5.67. The minimum atomic E-state index is -0.551. The summed E-state index contributed by atoms with van der Waals surface area (Å²) in [7, 11) is 0. The van der Waals surface area contributed by atoms with Crippen LogP contribution >= 0.6 is 0 Å². The molecule has 1 fully saturated rings. The molecule has 33 heavy (non-hydrogen) atoms. The monoisotopic (exact) mass is 445 g/mol. The second-order valence-electron chi connectivity index (χ2n) is 8.60. The van der Waals surface area contributed by atoms with Crippen LogP contribution in [0.4, 0.5) is 0 Å². The molecule has 4 rings (SSSR count). The van der Waals surface area contributed by atoms with E-state index in [1.54, 1.807) is 12.4 Å². The molecular weight excluding hydrogens is 414 g/mol. The zero-order valence-electron chi connectivity index (χ0n) is 18.9. The van der Waals surface area contributed by atoms with Crippen LogP contribution in [0.5, 0.6) is 5.75 Å². The van der Waals surface area contributed by atoms with Gasteiger partial charge in [-0.2, -0.15) is 0 Å². The molecule has 2 aromatic carbocycles. The first-order chi connectivity index (χ1) is 16.1. The van der Waals surface area contributed by atoms with Crippen molar-refractivity contribution in [3.8, 4) is 5.75 Å². The maximum atomic E-state index is 12.4. The van der Waals surface area contributed by atoms with E-state index in [0.29, 0.717) is 24.8 Å². The van der Waals surface area contributed by atoms with Crippen molar-refractivity contribution in [2.24, 2.45) is 0 Å². The molecule has 0 spiro atoms. The SMILES string of the molecule is Cc1ccc(OCCNC(=O)c2ccc(C[C@@H]3CC[C@H]([C@H](O)c4cccnc4)N3)cc2)cc1. The Balaban J connectivity index is 1.20. The summed E-state index contributed by atoms with van der Waals surface area (Å²) in [5, 5.41) is 17.1. The highest BCUT2D eigenvalue weighted by atomic mass is 16.5. The molecule has 1 amide bonds. The minimum absolute atomic E-state index is 0.0337. The summed E-state index contributed by atoms with van der Waals surface area (Å²) in [4.78, 5) is 16.5. The van der Waals surface area contributed by atoms with Crippen LogP contribution < -0.4 is 15.4 Å². The fourth-order valence-corrected chi connectivity index (χ4v) is 4.19. The van der Waals surface area contributed by atoms with Crippen molar-refractivity contribution in [3.63, 3.8) is 0 Å². The molecule has 1 aliphatic rings. The second kappa shape index (κ2) is 11.1. The van der Waals surface area contributed by atoms with E-state index in [9.17, 15) is 9.90 Å². The quantitative estimate of drug-likeness (QED) is 0.439. The van der Waals surface area contributed by atoms with Crippen molar-refractivity contribution in [2.75, 3.05) is 13.2 Å². The fraction of sp³-hybridized carbons (Fsp3) is 0.333. The number of aryl methyl sites for hydroxylation is 1. The van der Waals surface area contributed by atoms with Gasteiger partial charge in [-0.1, -0.05) is 35.9 Å². The van der Waals surface area contributed by atoms with E-state index in [1.807, 2.05) is 67.6 Å². The summed E-state index contributed by atoms with van der Waals surface area (Å²) in [5.41, 5.74) is 3.84. The zero-order valence-corrected chi connectivity index (χ0v) is 18.9. The van der Waals surface area contributed by atoms with Crippen LogP contribution in [0.3, 0.4) is 0 Å². The third kappa shape index (κ3) is 6.40. The molecule has 1 saturated heterocycles. The summed E-state index contributed by atoms with van der Waals surface area (Å²) in [6, 6.07) is 19.7. The maximum absolute atomic E-state index is 12.4. The molecule has 6 nitrogen and oxygen atoms in total. The molecule has 0 saturated carbocycles. The number of ether oxygens (including phenoxy) is 1. The van der Waals surface area contributed by atoms with Crippen molar-refractivity contribution in [3.05, 3.63) is 95.3 Å². The molecule has 3 N–H and O–H groups in total. The van der Waals surface area contributed by atoms with Crippen LogP contribution in [-0.4, -0.2) is 41.2 Å². The van der Waals surface area contributed by atoms with Gasteiger partial charge in [0.1, 0.15) is 12.4 Å². The van der Waals surface area contributed by atoms with Crippen LogP contribution in [0, 0.1) is 6.92 Å².